The number of nitrogens with zero attached hydrogens (tertiary/aromatic N) is 2. The Bertz CT molecular complexity index is 733. The molecule has 7 heteroatoms. The number of rotatable bonds is 2. The molecular formula is C14H11BrN4OS. The van der Waals surface area contributed by atoms with E-state index < -0.39 is 0 Å². The van der Waals surface area contributed by atoms with E-state index >= 15 is 0 Å². The zero-order chi connectivity index (χ0) is 14.8. The number of pyridine rings is 1. The first-order valence-corrected chi connectivity index (χ1v) is 7.98. The van der Waals surface area contributed by atoms with E-state index in [-0.39, 0.29) is 5.91 Å². The molecule has 2 aromatic rings. The molecule has 0 saturated heterocycles. The monoisotopic (exact) mass is 362 g/mol. The first kappa shape index (κ1) is 14.2. The van der Waals surface area contributed by atoms with Crippen LogP contribution in [0.2, 0.25) is 0 Å². The van der Waals surface area contributed by atoms with Crippen LogP contribution < -0.4 is 10.6 Å². The Morgan fingerprint density at radius 2 is 2.38 bits per heavy atom. The van der Waals surface area contributed by atoms with Gasteiger partial charge in [-0.15, -0.1) is 11.3 Å². The van der Waals surface area contributed by atoms with Crippen LogP contribution in [0.3, 0.4) is 0 Å². The van der Waals surface area contributed by atoms with Gasteiger partial charge < -0.3 is 10.6 Å². The van der Waals surface area contributed by atoms with Crippen molar-refractivity contribution in [2.45, 2.75) is 13.0 Å². The molecule has 2 N–H and O–H groups in total. The molecule has 0 radical (unpaired) electrons. The fourth-order valence-electron chi connectivity index (χ4n) is 2.22. The van der Waals surface area contributed by atoms with E-state index in [1.54, 1.807) is 18.3 Å². The number of nitriles is 1. The highest BCUT2D eigenvalue weighted by Gasteiger charge is 2.22. The molecule has 0 unspecified atom stereocenters. The van der Waals surface area contributed by atoms with Gasteiger partial charge in [0.25, 0.3) is 5.91 Å². The minimum Gasteiger partial charge on any atom is -0.312 e. The van der Waals surface area contributed by atoms with E-state index in [4.69, 9.17) is 0 Å². The van der Waals surface area contributed by atoms with Crippen molar-refractivity contribution in [3.05, 3.63) is 44.5 Å². The first-order valence-electron chi connectivity index (χ1n) is 6.37. The molecule has 2 aromatic heterocycles. The third-order valence-corrected chi connectivity index (χ3v) is 4.84. The van der Waals surface area contributed by atoms with Crippen molar-refractivity contribution in [3.63, 3.8) is 0 Å². The number of carbonyl (C=O) groups is 1. The molecule has 3 rings (SSSR count). The summed E-state index contributed by atoms with van der Waals surface area (Å²) < 4.78 is 0.814. The summed E-state index contributed by atoms with van der Waals surface area (Å²) in [5.74, 6) is -0.300. The number of thiophene rings is 1. The normalized spacial score (nSPS) is 13.3. The van der Waals surface area contributed by atoms with Gasteiger partial charge in [0.2, 0.25) is 0 Å². The van der Waals surface area contributed by atoms with Crippen LogP contribution in [0.4, 0.5) is 5.00 Å². The van der Waals surface area contributed by atoms with Crippen molar-refractivity contribution in [1.82, 2.24) is 10.3 Å². The first-order chi connectivity index (χ1) is 10.2. The van der Waals surface area contributed by atoms with Crippen LogP contribution in [-0.4, -0.2) is 17.4 Å². The number of anilines is 1. The zero-order valence-electron chi connectivity index (χ0n) is 10.9. The van der Waals surface area contributed by atoms with Crippen LogP contribution in [0.15, 0.2) is 22.8 Å². The van der Waals surface area contributed by atoms with E-state index in [2.05, 4.69) is 37.6 Å². The van der Waals surface area contributed by atoms with Crippen molar-refractivity contribution in [1.29, 1.82) is 5.26 Å². The van der Waals surface area contributed by atoms with Gasteiger partial charge in [-0.25, -0.2) is 4.98 Å². The average molecular weight is 363 g/mol. The summed E-state index contributed by atoms with van der Waals surface area (Å²) in [5.41, 5.74) is 1.97. The molecule has 21 heavy (non-hydrogen) atoms. The molecule has 0 spiro atoms. The van der Waals surface area contributed by atoms with E-state index in [0.29, 0.717) is 16.3 Å². The number of halogens is 1. The van der Waals surface area contributed by atoms with Crippen LogP contribution in [0.5, 0.6) is 0 Å². The lowest BCUT2D eigenvalue weighted by molar-refractivity contribution is 0.102. The largest absolute Gasteiger partial charge is 0.312 e. The highest BCUT2D eigenvalue weighted by atomic mass is 79.9. The minimum atomic E-state index is -0.300. The summed E-state index contributed by atoms with van der Waals surface area (Å²) in [6.45, 7) is 1.61. The maximum absolute atomic E-state index is 12.2. The van der Waals surface area contributed by atoms with Crippen molar-refractivity contribution in [3.8, 4) is 6.07 Å². The molecule has 106 valence electrons. The minimum absolute atomic E-state index is 0.300. The van der Waals surface area contributed by atoms with E-state index in [9.17, 15) is 10.1 Å². The molecule has 3 heterocycles. The van der Waals surface area contributed by atoms with Crippen molar-refractivity contribution < 1.29 is 4.79 Å². The van der Waals surface area contributed by atoms with Gasteiger partial charge in [-0.2, -0.15) is 5.26 Å². The van der Waals surface area contributed by atoms with Gasteiger partial charge in [0.05, 0.1) is 5.56 Å². The SMILES string of the molecule is N#Cc1c(NC(=O)c2ccc(Br)cn2)sc2c1CCNC2. The van der Waals surface area contributed by atoms with Crippen molar-refractivity contribution in [2.75, 3.05) is 11.9 Å². The second-order valence-corrected chi connectivity index (χ2v) is 6.58. The van der Waals surface area contributed by atoms with Crippen LogP contribution in [0.1, 0.15) is 26.5 Å². The molecule has 0 bridgehead atoms. The Kier molecular flexibility index (Phi) is 4.01. The Morgan fingerprint density at radius 3 is 3.10 bits per heavy atom. The summed E-state index contributed by atoms with van der Waals surface area (Å²) in [5, 5.41) is 16.0. The number of hydrogen-bond donors (Lipinski definition) is 2. The van der Waals surface area contributed by atoms with E-state index in [1.807, 2.05) is 0 Å². The highest BCUT2D eigenvalue weighted by molar-refractivity contribution is 9.10. The summed E-state index contributed by atoms with van der Waals surface area (Å²) >= 11 is 4.74. The third kappa shape index (κ3) is 2.83. The maximum atomic E-state index is 12.2. The Morgan fingerprint density at radius 1 is 1.52 bits per heavy atom. The summed E-state index contributed by atoms with van der Waals surface area (Å²) in [6.07, 6.45) is 2.39. The predicted molar refractivity (Wildman–Crippen MR) is 84.3 cm³/mol. The van der Waals surface area contributed by atoms with Crippen LogP contribution >= 0.6 is 27.3 Å². The summed E-state index contributed by atoms with van der Waals surface area (Å²) in [7, 11) is 0. The second kappa shape index (κ2) is 5.93. The quantitative estimate of drug-likeness (QED) is 0.860. The molecule has 0 atom stereocenters. The topological polar surface area (TPSA) is 77.8 Å². The standard InChI is InChI=1S/C14H11BrN4OS/c15-8-1-2-11(18-6-8)13(20)19-14-10(5-16)9-3-4-17-7-12(9)21-14/h1-2,6,17H,3-4,7H2,(H,19,20). The fourth-order valence-corrected chi connectivity index (χ4v) is 3.62. The molecule has 0 aliphatic carbocycles. The number of amides is 1. The zero-order valence-corrected chi connectivity index (χ0v) is 13.3. The highest BCUT2D eigenvalue weighted by Crippen LogP contribution is 2.34. The van der Waals surface area contributed by atoms with E-state index in [0.717, 1.165) is 34.4 Å². The van der Waals surface area contributed by atoms with Gasteiger partial charge in [-0.3, -0.25) is 4.79 Å². The van der Waals surface area contributed by atoms with Gasteiger partial charge >= 0.3 is 0 Å². The fraction of sp³-hybridized carbons (Fsp3) is 0.214. The number of carbonyl (C=O) groups excluding carboxylic acids is 1. The number of hydrogen-bond acceptors (Lipinski definition) is 5. The van der Waals surface area contributed by atoms with Crippen LogP contribution in [0, 0.1) is 11.3 Å². The Balaban J connectivity index is 1.88. The average Bonchev–Trinajstić information content (AvgIpc) is 2.84. The molecule has 1 aliphatic rings. The molecule has 1 aliphatic heterocycles. The van der Waals surface area contributed by atoms with Gasteiger partial charge in [-0.05, 0) is 46.6 Å². The molecule has 0 aromatic carbocycles. The smallest absolute Gasteiger partial charge is 0.274 e. The van der Waals surface area contributed by atoms with Gasteiger partial charge in [-0.1, -0.05) is 0 Å². The van der Waals surface area contributed by atoms with Gasteiger partial charge in [0.1, 0.15) is 16.8 Å². The molecule has 0 saturated carbocycles. The van der Waals surface area contributed by atoms with Crippen LogP contribution in [0.25, 0.3) is 0 Å². The van der Waals surface area contributed by atoms with Crippen LogP contribution in [-0.2, 0) is 13.0 Å². The van der Waals surface area contributed by atoms with E-state index in [1.165, 1.54) is 11.3 Å². The molecule has 0 fully saturated rings. The Hall–Kier alpha value is -1.75. The lowest BCUT2D eigenvalue weighted by Gasteiger charge is -2.11. The predicted octanol–water partition coefficient (Wildman–Crippen LogP) is 2.68. The molecule has 1 amide bonds. The Labute approximate surface area is 134 Å². The number of nitrogens with one attached hydrogen (secondary N) is 2. The summed E-state index contributed by atoms with van der Waals surface area (Å²) in [4.78, 5) is 17.4. The van der Waals surface area contributed by atoms with Gasteiger partial charge in [0, 0.05) is 22.1 Å². The number of aromatic nitrogens is 1. The molecular weight excluding hydrogens is 352 g/mol. The maximum Gasteiger partial charge on any atom is 0.274 e. The van der Waals surface area contributed by atoms with Crippen molar-refractivity contribution >= 4 is 38.2 Å². The van der Waals surface area contributed by atoms with Crippen molar-refractivity contribution in [2.24, 2.45) is 0 Å². The lowest BCUT2D eigenvalue weighted by Crippen LogP contribution is -2.22. The second-order valence-electron chi connectivity index (χ2n) is 4.56. The third-order valence-electron chi connectivity index (χ3n) is 3.23. The lowest BCUT2D eigenvalue weighted by atomic mass is 10.1. The summed E-state index contributed by atoms with van der Waals surface area (Å²) in [6, 6.07) is 5.61. The van der Waals surface area contributed by atoms with Gasteiger partial charge in [0.15, 0.2) is 0 Å². The molecule has 5 nitrogen and oxygen atoms in total. The number of fused-ring (bicyclic) bond motifs is 1.